The normalized spacial score (nSPS) is 34.5. The smallest absolute Gasteiger partial charge is 0.410 e. The Hall–Kier alpha value is -2.61. The van der Waals surface area contributed by atoms with Gasteiger partial charge in [0.05, 0.1) is 11.4 Å². The Morgan fingerprint density at radius 2 is 1.35 bits per heavy atom. The summed E-state index contributed by atoms with van der Waals surface area (Å²) in [4.78, 5) is 22.5. The maximum Gasteiger partial charge on any atom is 0.410 e. The van der Waals surface area contributed by atoms with Gasteiger partial charge in [0.15, 0.2) is 11.3 Å². The molecule has 37 heavy (non-hydrogen) atoms. The van der Waals surface area contributed by atoms with Crippen molar-refractivity contribution >= 4 is 6.09 Å². The minimum absolute atomic E-state index is 0.0967. The maximum atomic E-state index is 15.4. The molecule has 2 aromatic heterocycles. The van der Waals surface area contributed by atoms with Crippen LogP contribution in [-0.4, -0.2) is 50.7 Å². The van der Waals surface area contributed by atoms with E-state index in [9.17, 15) is 9.18 Å². The van der Waals surface area contributed by atoms with Crippen LogP contribution in [0.4, 0.5) is 13.6 Å². The van der Waals surface area contributed by atoms with Gasteiger partial charge in [0.25, 0.3) is 0 Å². The molecule has 4 aliphatic heterocycles. The third-order valence-electron chi connectivity index (χ3n) is 8.07. The van der Waals surface area contributed by atoms with Crippen molar-refractivity contribution in [2.75, 3.05) is 0 Å². The molecule has 200 valence electrons. The molecular weight excluding hydrogens is 474 g/mol. The van der Waals surface area contributed by atoms with Crippen molar-refractivity contribution < 1.29 is 18.3 Å². The first-order chi connectivity index (χ1) is 17.5. The minimum Gasteiger partial charge on any atom is -0.444 e. The Kier molecular flexibility index (Phi) is 6.98. The van der Waals surface area contributed by atoms with E-state index in [2.05, 4.69) is 15.3 Å². The third-order valence-corrected chi connectivity index (χ3v) is 8.07. The number of pyridine rings is 2. The van der Waals surface area contributed by atoms with E-state index >= 15 is 4.39 Å². The first kappa shape index (κ1) is 26.0. The second-order valence-electron chi connectivity index (χ2n) is 12.1. The predicted octanol–water partition coefficient (Wildman–Crippen LogP) is 5.97. The van der Waals surface area contributed by atoms with E-state index in [1.807, 2.05) is 45.0 Å². The highest BCUT2D eigenvalue weighted by Gasteiger charge is 2.53. The third kappa shape index (κ3) is 5.64. The molecular formula is C29H38F2N4O2. The molecule has 8 heteroatoms. The predicted molar refractivity (Wildman–Crippen MR) is 137 cm³/mol. The molecule has 4 atom stereocenters. The van der Waals surface area contributed by atoms with Crippen molar-refractivity contribution in [3.05, 3.63) is 60.2 Å². The zero-order chi connectivity index (χ0) is 26.3. The molecule has 0 aliphatic carbocycles. The van der Waals surface area contributed by atoms with Crippen LogP contribution < -0.4 is 5.32 Å². The van der Waals surface area contributed by atoms with E-state index in [0.29, 0.717) is 49.2 Å². The van der Waals surface area contributed by atoms with Gasteiger partial charge in [-0.2, -0.15) is 0 Å². The first-order valence-electron chi connectivity index (χ1n) is 13.5. The summed E-state index contributed by atoms with van der Waals surface area (Å²) in [7, 11) is 0. The highest BCUT2D eigenvalue weighted by Crippen LogP contribution is 2.48. The molecule has 6 rings (SSSR count). The van der Waals surface area contributed by atoms with Crippen molar-refractivity contribution in [2.45, 2.75) is 113 Å². The molecule has 0 aromatic carbocycles. The van der Waals surface area contributed by atoms with Crippen LogP contribution >= 0.6 is 0 Å². The number of alkyl halides is 2. The fourth-order valence-corrected chi connectivity index (χ4v) is 6.57. The van der Waals surface area contributed by atoms with E-state index in [1.165, 1.54) is 0 Å². The molecule has 6 heterocycles. The SMILES string of the molecule is CC(C)(C)OC(=O)N1C2CCC1CC(F)(c1ccccn1)C2.FC1(c2ccccn2)CC2CCC(C1)N2. The number of halogens is 2. The van der Waals surface area contributed by atoms with E-state index in [4.69, 9.17) is 4.74 Å². The average molecular weight is 513 g/mol. The van der Waals surface area contributed by atoms with Gasteiger partial charge < -0.3 is 15.0 Å². The molecule has 0 saturated carbocycles. The fraction of sp³-hybridized carbons (Fsp3) is 0.621. The Bertz CT molecular complexity index is 1050. The van der Waals surface area contributed by atoms with Gasteiger partial charge in [-0.15, -0.1) is 0 Å². The highest BCUT2D eigenvalue weighted by atomic mass is 19.1. The topological polar surface area (TPSA) is 67.3 Å². The molecule has 6 nitrogen and oxygen atoms in total. The van der Waals surface area contributed by atoms with E-state index in [1.54, 1.807) is 29.4 Å². The van der Waals surface area contributed by atoms with Gasteiger partial charge >= 0.3 is 6.09 Å². The lowest BCUT2D eigenvalue weighted by atomic mass is 9.85. The first-order valence-corrected chi connectivity index (χ1v) is 13.5. The number of aromatic nitrogens is 2. The number of nitrogens with zero attached hydrogens (tertiary/aromatic N) is 3. The number of piperidine rings is 2. The van der Waals surface area contributed by atoms with E-state index in [0.717, 1.165) is 25.7 Å². The number of hydrogen-bond acceptors (Lipinski definition) is 5. The molecule has 2 aromatic rings. The second kappa shape index (κ2) is 9.93. The van der Waals surface area contributed by atoms with Crippen LogP contribution in [0.1, 0.15) is 83.5 Å². The van der Waals surface area contributed by atoms with Gasteiger partial charge in [-0.3, -0.25) is 9.97 Å². The fourth-order valence-electron chi connectivity index (χ4n) is 6.57. The van der Waals surface area contributed by atoms with Crippen LogP contribution in [-0.2, 0) is 16.1 Å². The number of carbonyl (C=O) groups excluding carboxylic acids is 1. The number of rotatable bonds is 2. The molecule has 4 saturated heterocycles. The molecule has 4 bridgehead atoms. The molecule has 4 unspecified atom stereocenters. The number of hydrogen-bond donors (Lipinski definition) is 1. The van der Waals surface area contributed by atoms with Crippen LogP contribution in [0.5, 0.6) is 0 Å². The molecule has 4 aliphatic rings. The summed E-state index contributed by atoms with van der Waals surface area (Å²) in [6, 6.07) is 11.4. The summed E-state index contributed by atoms with van der Waals surface area (Å²) in [5.41, 5.74) is -2.06. The Morgan fingerprint density at radius 3 is 1.78 bits per heavy atom. The highest BCUT2D eigenvalue weighted by molar-refractivity contribution is 5.69. The van der Waals surface area contributed by atoms with Crippen molar-refractivity contribution in [3.8, 4) is 0 Å². The largest absolute Gasteiger partial charge is 0.444 e. The summed E-state index contributed by atoms with van der Waals surface area (Å²) in [6.45, 7) is 5.55. The lowest BCUT2D eigenvalue weighted by molar-refractivity contribution is -0.0244. The van der Waals surface area contributed by atoms with Gasteiger partial charge in [-0.1, -0.05) is 12.1 Å². The molecule has 1 amide bonds. The molecule has 4 fully saturated rings. The van der Waals surface area contributed by atoms with E-state index < -0.39 is 16.9 Å². The number of amides is 1. The lowest BCUT2D eigenvalue weighted by Gasteiger charge is -2.42. The van der Waals surface area contributed by atoms with Crippen molar-refractivity contribution in [2.24, 2.45) is 0 Å². The Balaban J connectivity index is 0.000000162. The summed E-state index contributed by atoms with van der Waals surface area (Å²) >= 11 is 0. The van der Waals surface area contributed by atoms with Crippen molar-refractivity contribution in [3.63, 3.8) is 0 Å². The van der Waals surface area contributed by atoms with Gasteiger partial charge in [-0.25, -0.2) is 13.6 Å². The van der Waals surface area contributed by atoms with Crippen LogP contribution in [0.3, 0.4) is 0 Å². The molecule has 1 N–H and O–H groups in total. The average Bonchev–Trinajstić information content (AvgIpc) is 3.35. The summed E-state index contributed by atoms with van der Waals surface area (Å²) < 4.78 is 35.6. The van der Waals surface area contributed by atoms with Gasteiger partial charge in [0, 0.05) is 62.2 Å². The molecule has 0 radical (unpaired) electrons. The quantitative estimate of drug-likeness (QED) is 0.537. The number of fused-ring (bicyclic) bond motifs is 4. The molecule has 0 spiro atoms. The van der Waals surface area contributed by atoms with Crippen molar-refractivity contribution in [1.82, 2.24) is 20.2 Å². The van der Waals surface area contributed by atoms with Crippen molar-refractivity contribution in [1.29, 1.82) is 0 Å². The Labute approximate surface area is 218 Å². The van der Waals surface area contributed by atoms with Gasteiger partial charge in [0.2, 0.25) is 0 Å². The standard InChI is InChI=1S/C17H23FN2O2.C12H15FN2/c1-16(2,3)22-15(21)20-12-7-8-13(20)11-17(18,10-12)14-6-4-5-9-19-14;13-12(11-3-1-2-6-14-11)7-9-4-5-10(8-12)15-9/h4-6,9,12-13H,7-8,10-11H2,1-3H3;1-3,6,9-10,15H,4-5,7-8H2. The van der Waals surface area contributed by atoms with Gasteiger partial charge in [-0.05, 0) is 70.7 Å². The summed E-state index contributed by atoms with van der Waals surface area (Å²) in [6.07, 6.45) is 8.67. The van der Waals surface area contributed by atoms with E-state index in [-0.39, 0.29) is 18.2 Å². The second-order valence-corrected chi connectivity index (χ2v) is 12.1. The Morgan fingerprint density at radius 1 is 0.865 bits per heavy atom. The van der Waals surface area contributed by atoms with Crippen LogP contribution in [0.25, 0.3) is 0 Å². The zero-order valence-electron chi connectivity index (χ0n) is 22.0. The summed E-state index contributed by atoms with van der Waals surface area (Å²) in [5.74, 6) is 0. The maximum absolute atomic E-state index is 15.4. The van der Waals surface area contributed by atoms with Gasteiger partial charge in [0.1, 0.15) is 5.60 Å². The van der Waals surface area contributed by atoms with Crippen LogP contribution in [0, 0.1) is 0 Å². The summed E-state index contributed by atoms with van der Waals surface area (Å²) in [5, 5.41) is 3.45. The zero-order valence-corrected chi connectivity index (χ0v) is 22.0. The van der Waals surface area contributed by atoms with Crippen LogP contribution in [0.15, 0.2) is 48.8 Å². The number of nitrogens with one attached hydrogen (secondary N) is 1. The monoisotopic (exact) mass is 512 g/mol. The van der Waals surface area contributed by atoms with Crippen LogP contribution in [0.2, 0.25) is 0 Å². The number of carbonyl (C=O) groups is 1. The minimum atomic E-state index is -1.44. The number of ether oxygens (including phenoxy) is 1. The lowest BCUT2D eigenvalue weighted by Crippen LogP contribution is -2.52.